The van der Waals surface area contributed by atoms with E-state index in [1.54, 1.807) is 30.5 Å². The zero-order valence-corrected chi connectivity index (χ0v) is 10.3. The molecular formula is C15H14FN3. The number of nitrogens with zero attached hydrogens (tertiary/aromatic N) is 1. The third-order valence-corrected chi connectivity index (χ3v) is 2.66. The Kier molecular flexibility index (Phi) is 3.93. The topological polar surface area (TPSA) is 54.7 Å². The van der Waals surface area contributed by atoms with Crippen molar-refractivity contribution in [2.75, 3.05) is 0 Å². The molecule has 0 radical (unpaired) electrons. The molecule has 0 atom stereocenters. The van der Waals surface area contributed by atoms with Crippen LogP contribution in [0, 0.1) is 5.82 Å². The molecule has 0 saturated carbocycles. The molecule has 3 N–H and O–H groups in total. The van der Waals surface area contributed by atoms with Crippen LogP contribution in [0.3, 0.4) is 0 Å². The number of nitrogens with two attached hydrogens (primary N) is 1. The summed E-state index contributed by atoms with van der Waals surface area (Å²) in [5.41, 5.74) is 8.87. The Labute approximate surface area is 111 Å². The van der Waals surface area contributed by atoms with E-state index in [0.29, 0.717) is 0 Å². The molecule has 0 saturated heterocycles. The number of aromatic amines is 1. The normalized spacial score (nSPS) is 11.9. The fourth-order valence-electron chi connectivity index (χ4n) is 1.81. The Morgan fingerprint density at radius 3 is 2.68 bits per heavy atom. The van der Waals surface area contributed by atoms with Gasteiger partial charge in [0.05, 0.1) is 11.9 Å². The van der Waals surface area contributed by atoms with Gasteiger partial charge in [-0.15, -0.1) is 0 Å². The van der Waals surface area contributed by atoms with Crippen LogP contribution in [0.25, 0.3) is 16.8 Å². The van der Waals surface area contributed by atoms with Gasteiger partial charge < -0.3 is 5.73 Å². The van der Waals surface area contributed by atoms with Crippen molar-refractivity contribution < 1.29 is 4.39 Å². The second kappa shape index (κ2) is 5.82. The van der Waals surface area contributed by atoms with Gasteiger partial charge in [-0.2, -0.15) is 5.10 Å². The molecule has 0 spiro atoms. The average Bonchev–Trinajstić information content (AvgIpc) is 2.88. The minimum Gasteiger partial charge on any atom is -0.405 e. The van der Waals surface area contributed by atoms with Gasteiger partial charge in [-0.05, 0) is 42.1 Å². The summed E-state index contributed by atoms with van der Waals surface area (Å²) < 4.78 is 13.0. The molecule has 2 aromatic rings. The van der Waals surface area contributed by atoms with Crippen molar-refractivity contribution in [3.05, 3.63) is 72.8 Å². The number of hydrogen-bond donors (Lipinski definition) is 2. The number of halogens is 1. The van der Waals surface area contributed by atoms with Crippen LogP contribution in [0.1, 0.15) is 5.56 Å². The Balaban J connectivity index is 2.50. The highest BCUT2D eigenvalue weighted by Gasteiger charge is 2.10. The molecule has 0 fully saturated rings. The minimum atomic E-state index is -0.270. The van der Waals surface area contributed by atoms with E-state index < -0.39 is 0 Å². The van der Waals surface area contributed by atoms with Crippen molar-refractivity contribution in [3.63, 3.8) is 0 Å². The molecule has 0 aliphatic heterocycles. The lowest BCUT2D eigenvalue weighted by Gasteiger charge is -2.04. The number of nitrogens with one attached hydrogen (secondary N) is 1. The zero-order chi connectivity index (χ0) is 13.7. The zero-order valence-electron chi connectivity index (χ0n) is 10.3. The van der Waals surface area contributed by atoms with Crippen LogP contribution in [0.5, 0.6) is 0 Å². The van der Waals surface area contributed by atoms with E-state index in [1.165, 1.54) is 18.3 Å². The molecule has 3 nitrogen and oxygen atoms in total. The van der Waals surface area contributed by atoms with E-state index in [9.17, 15) is 4.39 Å². The maximum Gasteiger partial charge on any atom is 0.123 e. The summed E-state index contributed by atoms with van der Waals surface area (Å²) in [6, 6.07) is 6.22. The number of benzene rings is 1. The molecule has 4 heteroatoms. The predicted molar refractivity (Wildman–Crippen MR) is 75.5 cm³/mol. The van der Waals surface area contributed by atoms with E-state index in [-0.39, 0.29) is 5.82 Å². The van der Waals surface area contributed by atoms with E-state index in [4.69, 9.17) is 5.73 Å². The first kappa shape index (κ1) is 12.8. The third-order valence-electron chi connectivity index (χ3n) is 2.66. The van der Waals surface area contributed by atoms with Gasteiger partial charge in [0.25, 0.3) is 0 Å². The molecular weight excluding hydrogens is 241 g/mol. The van der Waals surface area contributed by atoms with Gasteiger partial charge in [-0.25, -0.2) is 4.39 Å². The molecule has 0 aliphatic carbocycles. The molecule has 1 aromatic carbocycles. The summed E-state index contributed by atoms with van der Waals surface area (Å²) >= 11 is 0. The maximum absolute atomic E-state index is 13.0. The standard InChI is InChI=1S/C15H14FN3/c1-2-3-11(8-9-17)14-10-18-19-15(14)12-4-6-13(16)7-5-12/h2-10H,1,17H2,(H,18,19)/b9-8-,11-3+. The summed E-state index contributed by atoms with van der Waals surface area (Å²) in [6.07, 6.45) is 8.43. The van der Waals surface area contributed by atoms with Crippen LogP contribution in [-0.4, -0.2) is 10.2 Å². The number of rotatable bonds is 4. The van der Waals surface area contributed by atoms with E-state index in [0.717, 1.165) is 22.4 Å². The van der Waals surface area contributed by atoms with E-state index in [2.05, 4.69) is 16.8 Å². The highest BCUT2D eigenvalue weighted by atomic mass is 19.1. The Morgan fingerprint density at radius 2 is 2.05 bits per heavy atom. The number of hydrogen-bond acceptors (Lipinski definition) is 2. The highest BCUT2D eigenvalue weighted by molar-refractivity contribution is 5.83. The minimum absolute atomic E-state index is 0.270. The molecule has 0 unspecified atom stereocenters. The van der Waals surface area contributed by atoms with E-state index in [1.807, 2.05) is 6.08 Å². The van der Waals surface area contributed by atoms with Crippen LogP contribution in [0.2, 0.25) is 0 Å². The van der Waals surface area contributed by atoms with Gasteiger partial charge >= 0.3 is 0 Å². The van der Waals surface area contributed by atoms with Crippen molar-refractivity contribution in [2.45, 2.75) is 0 Å². The molecule has 96 valence electrons. The van der Waals surface area contributed by atoms with Crippen molar-refractivity contribution in [1.29, 1.82) is 0 Å². The predicted octanol–water partition coefficient (Wildman–Crippen LogP) is 3.26. The first-order chi connectivity index (χ1) is 9.26. The molecule has 1 aromatic heterocycles. The number of H-pyrrole nitrogens is 1. The monoisotopic (exact) mass is 255 g/mol. The summed E-state index contributed by atoms with van der Waals surface area (Å²) in [6.45, 7) is 3.68. The van der Waals surface area contributed by atoms with Crippen molar-refractivity contribution in [3.8, 4) is 11.3 Å². The molecule has 19 heavy (non-hydrogen) atoms. The maximum atomic E-state index is 13.0. The van der Waals surface area contributed by atoms with Crippen LogP contribution in [0.15, 0.2) is 61.5 Å². The average molecular weight is 255 g/mol. The van der Waals surface area contributed by atoms with Crippen LogP contribution < -0.4 is 5.73 Å². The Morgan fingerprint density at radius 1 is 1.32 bits per heavy atom. The lowest BCUT2D eigenvalue weighted by atomic mass is 10.0. The largest absolute Gasteiger partial charge is 0.405 e. The van der Waals surface area contributed by atoms with Gasteiger partial charge in [0.1, 0.15) is 5.82 Å². The molecule has 0 aliphatic rings. The van der Waals surface area contributed by atoms with Gasteiger partial charge in [0.15, 0.2) is 0 Å². The lowest BCUT2D eigenvalue weighted by molar-refractivity contribution is 0.628. The Bertz CT molecular complexity index is 621. The summed E-state index contributed by atoms with van der Waals surface area (Å²) in [5, 5.41) is 6.95. The smallest absolute Gasteiger partial charge is 0.123 e. The van der Waals surface area contributed by atoms with Crippen molar-refractivity contribution >= 4 is 5.57 Å². The number of allylic oxidation sites excluding steroid dienone is 4. The number of aromatic nitrogens is 2. The lowest BCUT2D eigenvalue weighted by Crippen LogP contribution is -1.87. The van der Waals surface area contributed by atoms with Gasteiger partial charge in [-0.3, -0.25) is 5.10 Å². The van der Waals surface area contributed by atoms with Crippen LogP contribution in [-0.2, 0) is 0 Å². The SMILES string of the molecule is C=C/C=C(\C=C/N)c1cn[nH]c1-c1ccc(F)cc1. The fourth-order valence-corrected chi connectivity index (χ4v) is 1.81. The summed E-state index contributed by atoms with van der Waals surface area (Å²) in [5.74, 6) is -0.270. The van der Waals surface area contributed by atoms with Gasteiger partial charge in [-0.1, -0.05) is 18.7 Å². The molecule has 0 amide bonds. The second-order valence-electron chi connectivity index (χ2n) is 3.88. The molecule has 2 rings (SSSR count). The molecule has 0 bridgehead atoms. The highest BCUT2D eigenvalue weighted by Crippen LogP contribution is 2.27. The Hall–Kier alpha value is -2.62. The quantitative estimate of drug-likeness (QED) is 0.824. The van der Waals surface area contributed by atoms with Gasteiger partial charge in [0.2, 0.25) is 0 Å². The van der Waals surface area contributed by atoms with Crippen LogP contribution in [0.4, 0.5) is 4.39 Å². The first-order valence-corrected chi connectivity index (χ1v) is 5.77. The third kappa shape index (κ3) is 2.80. The first-order valence-electron chi connectivity index (χ1n) is 5.77. The van der Waals surface area contributed by atoms with Crippen molar-refractivity contribution in [2.24, 2.45) is 5.73 Å². The van der Waals surface area contributed by atoms with Crippen LogP contribution >= 0.6 is 0 Å². The summed E-state index contributed by atoms with van der Waals surface area (Å²) in [7, 11) is 0. The second-order valence-corrected chi connectivity index (χ2v) is 3.88. The van der Waals surface area contributed by atoms with Gasteiger partial charge in [0, 0.05) is 11.1 Å². The fraction of sp³-hybridized carbons (Fsp3) is 0. The van der Waals surface area contributed by atoms with Crippen molar-refractivity contribution in [1.82, 2.24) is 10.2 Å². The molecule has 1 heterocycles. The van der Waals surface area contributed by atoms with E-state index >= 15 is 0 Å². The summed E-state index contributed by atoms with van der Waals surface area (Å²) in [4.78, 5) is 0.